The SMILES string of the molecule is C=C(C)c1nc(C#N)c(N/N=C\c2cccc(OCCC)c2)o1. The number of hydrogen-bond donors (Lipinski definition) is 1. The summed E-state index contributed by atoms with van der Waals surface area (Å²) in [5.74, 6) is 1.30. The Balaban J connectivity index is 2.07. The summed E-state index contributed by atoms with van der Waals surface area (Å²) in [5.41, 5.74) is 4.33. The first-order chi connectivity index (χ1) is 11.1. The van der Waals surface area contributed by atoms with Crippen molar-refractivity contribution >= 4 is 17.7 Å². The van der Waals surface area contributed by atoms with Crippen LogP contribution in [-0.4, -0.2) is 17.8 Å². The molecule has 0 saturated carbocycles. The first kappa shape index (κ1) is 16.3. The maximum atomic E-state index is 9.04. The average Bonchev–Trinajstić information content (AvgIpc) is 2.97. The quantitative estimate of drug-likeness (QED) is 0.621. The first-order valence-electron chi connectivity index (χ1n) is 7.22. The fourth-order valence-electron chi connectivity index (χ4n) is 1.72. The predicted octanol–water partition coefficient (Wildman–Crippen LogP) is 3.81. The molecule has 6 heteroatoms. The van der Waals surface area contributed by atoms with E-state index in [9.17, 15) is 0 Å². The second kappa shape index (κ2) is 7.80. The standard InChI is InChI=1S/C17H18N4O2/c1-4-8-22-14-7-5-6-13(9-14)11-19-21-17-15(10-18)20-16(23-17)12(2)3/h5-7,9,11,21H,2,4,8H2,1,3H3/b19-11-. The molecule has 0 fully saturated rings. The van der Waals surface area contributed by atoms with E-state index >= 15 is 0 Å². The third kappa shape index (κ3) is 4.45. The molecule has 0 amide bonds. The number of anilines is 1. The lowest BCUT2D eigenvalue weighted by Gasteiger charge is -2.04. The molecular weight excluding hydrogens is 292 g/mol. The van der Waals surface area contributed by atoms with Crippen LogP contribution in [0, 0.1) is 11.3 Å². The lowest BCUT2D eigenvalue weighted by Crippen LogP contribution is -1.96. The number of nitrogens with one attached hydrogen (secondary N) is 1. The molecule has 2 rings (SSSR count). The van der Waals surface area contributed by atoms with Crippen LogP contribution in [0.1, 0.15) is 37.4 Å². The Morgan fingerprint density at radius 2 is 2.39 bits per heavy atom. The van der Waals surface area contributed by atoms with Crippen LogP contribution in [0.5, 0.6) is 5.75 Å². The molecule has 0 saturated heterocycles. The average molecular weight is 310 g/mol. The number of allylic oxidation sites excluding steroid dienone is 1. The van der Waals surface area contributed by atoms with E-state index in [1.165, 1.54) is 0 Å². The van der Waals surface area contributed by atoms with E-state index in [4.69, 9.17) is 14.4 Å². The predicted molar refractivity (Wildman–Crippen MR) is 89.4 cm³/mol. The fourth-order valence-corrected chi connectivity index (χ4v) is 1.72. The number of hydrazone groups is 1. The van der Waals surface area contributed by atoms with Crippen molar-refractivity contribution in [3.8, 4) is 11.8 Å². The van der Waals surface area contributed by atoms with E-state index < -0.39 is 0 Å². The van der Waals surface area contributed by atoms with Gasteiger partial charge in [-0.15, -0.1) is 0 Å². The van der Waals surface area contributed by atoms with Gasteiger partial charge in [-0.25, -0.2) is 5.43 Å². The minimum atomic E-state index is 0.139. The summed E-state index contributed by atoms with van der Waals surface area (Å²) >= 11 is 0. The number of ether oxygens (including phenoxy) is 1. The van der Waals surface area contributed by atoms with Crippen molar-refractivity contribution in [2.45, 2.75) is 20.3 Å². The van der Waals surface area contributed by atoms with Crippen molar-refractivity contribution in [3.05, 3.63) is 48.0 Å². The van der Waals surface area contributed by atoms with Gasteiger partial charge in [-0.2, -0.15) is 15.3 Å². The largest absolute Gasteiger partial charge is 0.494 e. The molecule has 1 heterocycles. The van der Waals surface area contributed by atoms with Crippen molar-refractivity contribution in [1.29, 1.82) is 5.26 Å². The maximum Gasteiger partial charge on any atom is 0.252 e. The summed E-state index contributed by atoms with van der Waals surface area (Å²) < 4.78 is 11.0. The van der Waals surface area contributed by atoms with Gasteiger partial charge in [0, 0.05) is 5.57 Å². The van der Waals surface area contributed by atoms with Crippen molar-refractivity contribution in [2.75, 3.05) is 12.0 Å². The molecule has 2 aromatic rings. The van der Waals surface area contributed by atoms with Crippen molar-refractivity contribution in [2.24, 2.45) is 5.10 Å². The number of rotatable bonds is 7. The molecule has 0 spiro atoms. The van der Waals surface area contributed by atoms with E-state index in [0.29, 0.717) is 18.1 Å². The molecule has 0 aliphatic rings. The highest BCUT2D eigenvalue weighted by Crippen LogP contribution is 2.20. The van der Waals surface area contributed by atoms with Crippen LogP contribution in [0.2, 0.25) is 0 Å². The van der Waals surface area contributed by atoms with Crippen LogP contribution in [0.3, 0.4) is 0 Å². The van der Waals surface area contributed by atoms with Gasteiger partial charge in [0.15, 0.2) is 0 Å². The second-order valence-corrected chi connectivity index (χ2v) is 4.88. The molecule has 0 aliphatic heterocycles. The zero-order chi connectivity index (χ0) is 16.7. The molecule has 23 heavy (non-hydrogen) atoms. The van der Waals surface area contributed by atoms with Gasteiger partial charge >= 0.3 is 0 Å². The van der Waals surface area contributed by atoms with Gasteiger partial charge in [0.25, 0.3) is 5.88 Å². The topological polar surface area (TPSA) is 83.4 Å². The van der Waals surface area contributed by atoms with Crippen molar-refractivity contribution in [3.63, 3.8) is 0 Å². The van der Waals surface area contributed by atoms with Crippen LogP contribution in [0.25, 0.3) is 5.57 Å². The maximum absolute atomic E-state index is 9.04. The number of nitriles is 1. The molecule has 0 radical (unpaired) electrons. The Morgan fingerprint density at radius 1 is 1.57 bits per heavy atom. The number of nitrogens with zero attached hydrogens (tertiary/aromatic N) is 3. The zero-order valence-electron chi connectivity index (χ0n) is 13.2. The highest BCUT2D eigenvalue weighted by Gasteiger charge is 2.12. The lowest BCUT2D eigenvalue weighted by molar-refractivity contribution is 0.317. The van der Waals surface area contributed by atoms with E-state index in [-0.39, 0.29) is 11.6 Å². The summed E-state index contributed by atoms with van der Waals surface area (Å²) in [4.78, 5) is 4.02. The summed E-state index contributed by atoms with van der Waals surface area (Å²) in [5, 5.41) is 13.1. The number of aromatic nitrogens is 1. The molecule has 6 nitrogen and oxygen atoms in total. The highest BCUT2D eigenvalue weighted by molar-refractivity contribution is 5.80. The van der Waals surface area contributed by atoms with Crippen molar-refractivity contribution in [1.82, 2.24) is 4.98 Å². The second-order valence-electron chi connectivity index (χ2n) is 4.88. The monoisotopic (exact) mass is 310 g/mol. The van der Waals surface area contributed by atoms with Crippen LogP contribution < -0.4 is 10.2 Å². The van der Waals surface area contributed by atoms with Crippen LogP contribution in [0.15, 0.2) is 40.4 Å². The third-order valence-corrected chi connectivity index (χ3v) is 2.81. The fraction of sp³-hybridized carbons (Fsp3) is 0.235. The molecule has 0 bridgehead atoms. The third-order valence-electron chi connectivity index (χ3n) is 2.81. The van der Waals surface area contributed by atoms with Crippen LogP contribution >= 0.6 is 0 Å². The Morgan fingerprint density at radius 3 is 3.09 bits per heavy atom. The minimum absolute atomic E-state index is 0.139. The van der Waals surface area contributed by atoms with Crippen LogP contribution in [0.4, 0.5) is 5.88 Å². The van der Waals surface area contributed by atoms with Crippen LogP contribution in [-0.2, 0) is 0 Å². The van der Waals surface area contributed by atoms with E-state index in [0.717, 1.165) is 17.7 Å². The molecule has 1 aromatic heterocycles. The Labute approximate surface area is 135 Å². The van der Waals surface area contributed by atoms with Gasteiger partial charge in [-0.05, 0) is 31.0 Å². The van der Waals surface area contributed by atoms with Gasteiger partial charge in [0.05, 0.1) is 12.8 Å². The van der Waals surface area contributed by atoms with E-state index in [1.54, 1.807) is 13.1 Å². The molecule has 1 N–H and O–H groups in total. The van der Waals surface area contributed by atoms with E-state index in [1.807, 2.05) is 30.3 Å². The smallest absolute Gasteiger partial charge is 0.252 e. The Bertz CT molecular complexity index is 756. The summed E-state index contributed by atoms with van der Waals surface area (Å²) in [6, 6.07) is 9.51. The van der Waals surface area contributed by atoms with Gasteiger partial charge < -0.3 is 9.15 Å². The van der Waals surface area contributed by atoms with Gasteiger partial charge in [-0.3, -0.25) is 0 Å². The summed E-state index contributed by atoms with van der Waals surface area (Å²) in [6.45, 7) is 8.21. The number of benzene rings is 1. The van der Waals surface area contributed by atoms with Gasteiger partial charge in [0.2, 0.25) is 11.6 Å². The zero-order valence-corrected chi connectivity index (χ0v) is 13.2. The molecule has 1 aromatic carbocycles. The Kier molecular flexibility index (Phi) is 5.53. The van der Waals surface area contributed by atoms with Crippen molar-refractivity contribution < 1.29 is 9.15 Å². The number of oxazole rings is 1. The normalized spacial score (nSPS) is 10.5. The molecule has 118 valence electrons. The Hall–Kier alpha value is -3.07. The lowest BCUT2D eigenvalue weighted by atomic mass is 10.2. The van der Waals surface area contributed by atoms with Gasteiger partial charge in [-0.1, -0.05) is 25.6 Å². The molecule has 0 unspecified atom stereocenters. The molecule has 0 aliphatic carbocycles. The minimum Gasteiger partial charge on any atom is -0.494 e. The molecular formula is C17H18N4O2. The summed E-state index contributed by atoms with van der Waals surface area (Å²) in [7, 11) is 0. The number of hydrogen-bond acceptors (Lipinski definition) is 6. The van der Waals surface area contributed by atoms with Gasteiger partial charge in [0.1, 0.15) is 11.8 Å². The first-order valence-corrected chi connectivity index (χ1v) is 7.22. The highest BCUT2D eigenvalue weighted by atomic mass is 16.5. The summed E-state index contributed by atoms with van der Waals surface area (Å²) in [6.07, 6.45) is 2.57. The molecule has 0 atom stereocenters. The van der Waals surface area contributed by atoms with E-state index in [2.05, 4.69) is 29.0 Å².